The van der Waals surface area contributed by atoms with E-state index in [-0.39, 0.29) is 36.6 Å². The molecule has 2 rings (SSSR count). The summed E-state index contributed by atoms with van der Waals surface area (Å²) in [6.45, 7) is 3.57. The molecule has 0 heterocycles. The summed E-state index contributed by atoms with van der Waals surface area (Å²) in [5.74, 6) is -0.665. The molecule has 2 amide bonds. The Labute approximate surface area is 137 Å². The quantitative estimate of drug-likeness (QED) is 0.876. The maximum Gasteiger partial charge on any atom is 0.242 e. The molecule has 0 radical (unpaired) electrons. The Morgan fingerprint density at radius 3 is 2.57 bits per heavy atom. The van der Waals surface area contributed by atoms with E-state index in [1.165, 1.54) is 11.0 Å². The molecule has 0 aromatic heterocycles. The highest BCUT2D eigenvalue weighted by molar-refractivity contribution is 5.87. The largest absolute Gasteiger partial charge is 0.352 e. The van der Waals surface area contributed by atoms with Crippen molar-refractivity contribution in [2.75, 3.05) is 0 Å². The first-order chi connectivity index (χ1) is 11.0. The van der Waals surface area contributed by atoms with Crippen molar-refractivity contribution >= 4 is 11.8 Å². The highest BCUT2D eigenvalue weighted by atomic mass is 19.1. The lowest BCUT2D eigenvalue weighted by Crippen LogP contribution is -2.49. The molecule has 4 nitrogen and oxygen atoms in total. The molecule has 0 bridgehead atoms. The number of nitrogens with zero attached hydrogens (tertiary/aromatic N) is 1. The van der Waals surface area contributed by atoms with Crippen molar-refractivity contribution < 1.29 is 14.0 Å². The summed E-state index contributed by atoms with van der Waals surface area (Å²) in [5, 5.41) is 3.01. The van der Waals surface area contributed by atoms with Gasteiger partial charge in [-0.15, -0.1) is 0 Å². The molecule has 1 aromatic rings. The van der Waals surface area contributed by atoms with Gasteiger partial charge in [0, 0.05) is 24.6 Å². The van der Waals surface area contributed by atoms with Gasteiger partial charge in [0.25, 0.3) is 0 Å². The Kier molecular flexibility index (Phi) is 6.13. The summed E-state index contributed by atoms with van der Waals surface area (Å²) < 4.78 is 13.9. The molecule has 1 aliphatic carbocycles. The van der Waals surface area contributed by atoms with E-state index < -0.39 is 6.04 Å². The molecule has 0 saturated heterocycles. The summed E-state index contributed by atoms with van der Waals surface area (Å²) in [6, 6.07) is 5.96. The van der Waals surface area contributed by atoms with Crippen molar-refractivity contribution in [2.45, 2.75) is 64.6 Å². The van der Waals surface area contributed by atoms with Crippen molar-refractivity contribution in [3.8, 4) is 0 Å². The van der Waals surface area contributed by atoms with Crippen molar-refractivity contribution in [3.63, 3.8) is 0 Å². The van der Waals surface area contributed by atoms with Crippen LogP contribution in [0.4, 0.5) is 4.39 Å². The van der Waals surface area contributed by atoms with Gasteiger partial charge >= 0.3 is 0 Å². The summed E-state index contributed by atoms with van der Waals surface area (Å²) in [6.07, 6.45) is 4.54. The third-order valence-electron chi connectivity index (χ3n) is 4.47. The van der Waals surface area contributed by atoms with Gasteiger partial charge in [0.2, 0.25) is 11.8 Å². The van der Waals surface area contributed by atoms with Gasteiger partial charge in [0.05, 0.1) is 0 Å². The number of nitrogens with one attached hydrogen (secondary N) is 1. The molecule has 0 spiro atoms. The van der Waals surface area contributed by atoms with Crippen molar-refractivity contribution in [2.24, 2.45) is 0 Å². The van der Waals surface area contributed by atoms with Gasteiger partial charge in [-0.3, -0.25) is 9.59 Å². The lowest BCUT2D eigenvalue weighted by atomic mass is 10.1. The second-order valence-electron chi connectivity index (χ2n) is 6.13. The molecule has 126 valence electrons. The Hall–Kier alpha value is -1.91. The second kappa shape index (κ2) is 8.09. The Morgan fingerprint density at radius 1 is 1.30 bits per heavy atom. The van der Waals surface area contributed by atoms with E-state index in [1.807, 2.05) is 0 Å². The van der Waals surface area contributed by atoms with E-state index in [0.717, 1.165) is 25.7 Å². The summed E-state index contributed by atoms with van der Waals surface area (Å²) in [5.41, 5.74) is 0.426. The fourth-order valence-corrected chi connectivity index (χ4v) is 2.99. The fourth-order valence-electron chi connectivity index (χ4n) is 2.99. The van der Waals surface area contributed by atoms with Crippen LogP contribution in [0.2, 0.25) is 0 Å². The average Bonchev–Trinajstić information content (AvgIpc) is 3.05. The Balaban J connectivity index is 2.08. The van der Waals surface area contributed by atoms with Crippen LogP contribution in [0.5, 0.6) is 0 Å². The highest BCUT2D eigenvalue weighted by Gasteiger charge is 2.28. The lowest BCUT2D eigenvalue weighted by Gasteiger charge is -2.29. The van der Waals surface area contributed by atoms with Crippen LogP contribution in [-0.4, -0.2) is 28.8 Å². The number of amides is 2. The van der Waals surface area contributed by atoms with Gasteiger partial charge in [-0.1, -0.05) is 38.0 Å². The van der Waals surface area contributed by atoms with Gasteiger partial charge in [-0.25, -0.2) is 4.39 Å². The van der Waals surface area contributed by atoms with Crippen LogP contribution in [0.25, 0.3) is 0 Å². The fraction of sp³-hybridized carbons (Fsp3) is 0.556. The van der Waals surface area contributed by atoms with E-state index in [4.69, 9.17) is 0 Å². The third-order valence-corrected chi connectivity index (χ3v) is 4.47. The number of rotatable bonds is 6. The minimum atomic E-state index is -0.609. The molecule has 1 atom stereocenters. The zero-order chi connectivity index (χ0) is 16.8. The van der Waals surface area contributed by atoms with Gasteiger partial charge < -0.3 is 10.2 Å². The molecule has 1 aliphatic rings. The Bertz CT molecular complexity index is 556. The number of hydrogen-bond donors (Lipinski definition) is 1. The molecular formula is C18H25FN2O2. The van der Waals surface area contributed by atoms with Crippen LogP contribution in [0.3, 0.4) is 0 Å². The van der Waals surface area contributed by atoms with Crippen molar-refractivity contribution in [1.29, 1.82) is 0 Å². The van der Waals surface area contributed by atoms with Gasteiger partial charge in [0.15, 0.2) is 0 Å². The number of benzene rings is 1. The predicted octanol–water partition coefficient (Wildman–Crippen LogP) is 3.01. The number of carbonyl (C=O) groups is 2. The minimum absolute atomic E-state index is 0.110. The highest BCUT2D eigenvalue weighted by Crippen LogP contribution is 2.19. The van der Waals surface area contributed by atoms with Crippen LogP contribution in [-0.2, 0) is 16.1 Å². The van der Waals surface area contributed by atoms with Gasteiger partial charge in [-0.2, -0.15) is 0 Å². The molecular weight excluding hydrogens is 295 g/mol. The molecule has 1 unspecified atom stereocenters. The first-order valence-electron chi connectivity index (χ1n) is 8.36. The third kappa shape index (κ3) is 4.53. The monoisotopic (exact) mass is 320 g/mol. The molecule has 23 heavy (non-hydrogen) atoms. The van der Waals surface area contributed by atoms with Crippen LogP contribution in [0, 0.1) is 5.82 Å². The average molecular weight is 320 g/mol. The van der Waals surface area contributed by atoms with Gasteiger partial charge in [0.1, 0.15) is 11.9 Å². The van der Waals surface area contributed by atoms with E-state index in [1.54, 1.807) is 32.0 Å². The number of halogens is 1. The van der Waals surface area contributed by atoms with E-state index >= 15 is 0 Å². The molecule has 1 saturated carbocycles. The first kappa shape index (κ1) is 17.4. The normalized spacial score (nSPS) is 16.1. The predicted molar refractivity (Wildman–Crippen MR) is 87.1 cm³/mol. The summed E-state index contributed by atoms with van der Waals surface area (Å²) in [4.78, 5) is 26.1. The lowest BCUT2D eigenvalue weighted by molar-refractivity contribution is -0.140. The topological polar surface area (TPSA) is 49.4 Å². The van der Waals surface area contributed by atoms with E-state index in [9.17, 15) is 14.0 Å². The van der Waals surface area contributed by atoms with Crippen molar-refractivity contribution in [3.05, 3.63) is 35.6 Å². The van der Waals surface area contributed by atoms with Crippen LogP contribution < -0.4 is 5.32 Å². The molecule has 1 aromatic carbocycles. The SMILES string of the molecule is CCC(=O)N(Cc1ccccc1F)C(C)C(=O)NC1CCCC1. The smallest absolute Gasteiger partial charge is 0.242 e. The minimum Gasteiger partial charge on any atom is -0.352 e. The summed E-state index contributed by atoms with van der Waals surface area (Å²) in [7, 11) is 0. The number of carbonyl (C=O) groups excluding carboxylic acids is 2. The van der Waals surface area contributed by atoms with Crippen molar-refractivity contribution in [1.82, 2.24) is 10.2 Å². The Morgan fingerprint density at radius 2 is 1.96 bits per heavy atom. The zero-order valence-electron chi connectivity index (χ0n) is 13.8. The standard InChI is InChI=1S/C18H25FN2O2/c1-3-17(22)21(12-14-8-4-7-11-16(14)19)13(2)18(23)20-15-9-5-6-10-15/h4,7-8,11,13,15H,3,5-6,9-10,12H2,1-2H3,(H,20,23). The van der Waals surface area contributed by atoms with Gasteiger partial charge in [-0.05, 0) is 25.8 Å². The molecule has 1 fully saturated rings. The zero-order valence-corrected chi connectivity index (χ0v) is 13.8. The molecule has 1 N–H and O–H groups in total. The van der Waals surface area contributed by atoms with Crippen LogP contribution in [0.1, 0.15) is 51.5 Å². The van der Waals surface area contributed by atoms with E-state index in [0.29, 0.717) is 5.56 Å². The first-order valence-corrected chi connectivity index (χ1v) is 8.36. The van der Waals surface area contributed by atoms with Crippen LogP contribution >= 0.6 is 0 Å². The maximum atomic E-state index is 13.9. The summed E-state index contributed by atoms with van der Waals surface area (Å²) >= 11 is 0. The maximum absolute atomic E-state index is 13.9. The number of hydrogen-bond acceptors (Lipinski definition) is 2. The molecule has 5 heteroatoms. The van der Waals surface area contributed by atoms with Crippen LogP contribution in [0.15, 0.2) is 24.3 Å². The van der Waals surface area contributed by atoms with E-state index in [2.05, 4.69) is 5.32 Å². The second-order valence-corrected chi connectivity index (χ2v) is 6.13. The molecule has 0 aliphatic heterocycles.